The molecule has 2 rings (SSSR count). The topological polar surface area (TPSA) is 27.6 Å². The van der Waals surface area contributed by atoms with Crippen LogP contribution in [0.4, 0.5) is 5.69 Å². The molecular formula is C26H35N3. The smallest absolute Gasteiger partial charge is 0.0420 e. The maximum Gasteiger partial charge on any atom is 0.0420 e. The van der Waals surface area contributed by atoms with Gasteiger partial charge in [0, 0.05) is 49.5 Å². The van der Waals surface area contributed by atoms with E-state index in [-0.39, 0.29) is 0 Å². The van der Waals surface area contributed by atoms with Crippen molar-refractivity contribution in [3.63, 3.8) is 0 Å². The molecule has 3 nitrogen and oxygen atoms in total. The number of hydrogen-bond donors (Lipinski definition) is 1. The van der Waals surface area contributed by atoms with Gasteiger partial charge in [0.15, 0.2) is 0 Å². The minimum absolute atomic E-state index is 0.916. The fourth-order valence-corrected chi connectivity index (χ4v) is 3.13. The molecule has 0 unspecified atom stereocenters. The van der Waals surface area contributed by atoms with E-state index in [9.17, 15) is 0 Å². The van der Waals surface area contributed by atoms with Crippen molar-refractivity contribution in [1.82, 2.24) is 4.90 Å². The number of allylic oxidation sites excluding steroid dienone is 4. The molecule has 1 aliphatic rings. The SMILES string of the molecule is C=C/C(=C\N=C(/C)CCCC)c1ccc(C)c(NC(=C)C2=CCC(N(C)C)=C2)c1. The molecule has 0 atom stereocenters. The van der Waals surface area contributed by atoms with Crippen molar-refractivity contribution in [3.05, 3.63) is 83.9 Å². The molecule has 0 saturated carbocycles. The van der Waals surface area contributed by atoms with E-state index in [1.54, 1.807) is 0 Å². The molecule has 0 spiro atoms. The van der Waals surface area contributed by atoms with Gasteiger partial charge in [0.2, 0.25) is 0 Å². The van der Waals surface area contributed by atoms with Gasteiger partial charge in [0.25, 0.3) is 0 Å². The van der Waals surface area contributed by atoms with Crippen molar-refractivity contribution in [3.8, 4) is 0 Å². The van der Waals surface area contributed by atoms with E-state index in [0.717, 1.165) is 46.6 Å². The van der Waals surface area contributed by atoms with Crippen LogP contribution in [0.5, 0.6) is 0 Å². The first-order valence-corrected chi connectivity index (χ1v) is 10.4. The number of unbranched alkanes of at least 4 members (excludes halogenated alkanes) is 1. The van der Waals surface area contributed by atoms with Gasteiger partial charge in [0.05, 0.1) is 0 Å². The number of nitrogens with zero attached hydrogens (tertiary/aromatic N) is 2. The lowest BCUT2D eigenvalue weighted by Crippen LogP contribution is -2.09. The summed E-state index contributed by atoms with van der Waals surface area (Å²) in [4.78, 5) is 6.78. The van der Waals surface area contributed by atoms with E-state index in [1.807, 2.05) is 12.3 Å². The molecule has 0 aliphatic heterocycles. The predicted molar refractivity (Wildman–Crippen MR) is 129 cm³/mol. The Kier molecular flexibility index (Phi) is 8.26. The minimum Gasteiger partial charge on any atom is -0.381 e. The Labute approximate surface area is 176 Å². The van der Waals surface area contributed by atoms with E-state index in [4.69, 9.17) is 0 Å². The number of benzene rings is 1. The summed E-state index contributed by atoms with van der Waals surface area (Å²) in [6, 6.07) is 6.39. The second-order valence-electron chi connectivity index (χ2n) is 7.78. The molecule has 0 bridgehead atoms. The normalized spacial score (nSPS) is 14.4. The first-order valence-electron chi connectivity index (χ1n) is 10.4. The Balaban J connectivity index is 2.20. The van der Waals surface area contributed by atoms with Crippen molar-refractivity contribution < 1.29 is 0 Å². The average molecular weight is 390 g/mol. The van der Waals surface area contributed by atoms with Crippen LogP contribution in [0.1, 0.15) is 50.7 Å². The first kappa shape index (κ1) is 22.5. The zero-order valence-electron chi connectivity index (χ0n) is 18.7. The summed E-state index contributed by atoms with van der Waals surface area (Å²) in [5.41, 5.74) is 8.86. The van der Waals surface area contributed by atoms with Gasteiger partial charge in [-0.05, 0) is 61.1 Å². The summed E-state index contributed by atoms with van der Waals surface area (Å²) in [5.74, 6) is 0. The summed E-state index contributed by atoms with van der Waals surface area (Å²) >= 11 is 0. The van der Waals surface area contributed by atoms with Gasteiger partial charge in [-0.15, -0.1) is 0 Å². The fourth-order valence-electron chi connectivity index (χ4n) is 3.13. The number of hydrogen-bond acceptors (Lipinski definition) is 3. The maximum atomic E-state index is 4.63. The first-order chi connectivity index (χ1) is 13.8. The highest BCUT2D eigenvalue weighted by atomic mass is 15.1. The molecule has 29 heavy (non-hydrogen) atoms. The Hall–Kier alpha value is -2.81. The Bertz CT molecular complexity index is 879. The molecule has 1 aromatic rings. The molecule has 154 valence electrons. The van der Waals surface area contributed by atoms with Gasteiger partial charge in [0.1, 0.15) is 0 Å². The van der Waals surface area contributed by atoms with Crippen LogP contribution in [0, 0.1) is 6.92 Å². The highest BCUT2D eigenvalue weighted by Gasteiger charge is 2.12. The van der Waals surface area contributed by atoms with Gasteiger partial charge in [-0.3, -0.25) is 4.99 Å². The van der Waals surface area contributed by atoms with Crippen molar-refractivity contribution >= 4 is 17.0 Å². The molecule has 0 saturated heterocycles. The van der Waals surface area contributed by atoms with Gasteiger partial charge in [-0.2, -0.15) is 0 Å². The number of nitrogens with one attached hydrogen (secondary N) is 1. The number of aliphatic imine (C=N–C) groups is 1. The highest BCUT2D eigenvalue weighted by Crippen LogP contribution is 2.28. The Morgan fingerprint density at radius 3 is 2.69 bits per heavy atom. The highest BCUT2D eigenvalue weighted by molar-refractivity contribution is 5.84. The van der Waals surface area contributed by atoms with Crippen LogP contribution in [0.2, 0.25) is 0 Å². The standard InChI is InChI=1S/C26H35N3/c1-8-10-11-20(4)27-18-22(9-2)24-13-12-19(3)26(17-24)28-21(5)23-14-15-25(16-23)29(6)7/h9,12-14,16-18,28H,2,5,8,10-11,15H2,1,3-4,6-7H3/b22-18+,27-20+. The van der Waals surface area contributed by atoms with Gasteiger partial charge in [-0.1, -0.05) is 50.8 Å². The summed E-state index contributed by atoms with van der Waals surface area (Å²) in [5, 5.41) is 3.50. The Morgan fingerprint density at radius 2 is 2.07 bits per heavy atom. The monoisotopic (exact) mass is 389 g/mol. The second-order valence-corrected chi connectivity index (χ2v) is 7.78. The van der Waals surface area contributed by atoms with Crippen LogP contribution in [0.3, 0.4) is 0 Å². The number of anilines is 1. The third-order valence-electron chi connectivity index (χ3n) is 5.17. The summed E-state index contributed by atoms with van der Waals surface area (Å²) < 4.78 is 0. The van der Waals surface area contributed by atoms with Crippen LogP contribution in [0.15, 0.2) is 77.7 Å². The van der Waals surface area contributed by atoms with Gasteiger partial charge < -0.3 is 10.2 Å². The van der Waals surface area contributed by atoms with E-state index in [2.05, 4.69) is 93.6 Å². The Morgan fingerprint density at radius 1 is 1.31 bits per heavy atom. The van der Waals surface area contributed by atoms with E-state index < -0.39 is 0 Å². The van der Waals surface area contributed by atoms with Gasteiger partial charge >= 0.3 is 0 Å². The zero-order valence-corrected chi connectivity index (χ0v) is 18.7. The molecule has 1 aliphatic carbocycles. The van der Waals surface area contributed by atoms with Crippen molar-refractivity contribution in [2.75, 3.05) is 19.4 Å². The summed E-state index contributed by atoms with van der Waals surface area (Å²) in [6.07, 6.45) is 12.5. The van der Waals surface area contributed by atoms with Crippen LogP contribution < -0.4 is 5.32 Å². The van der Waals surface area contributed by atoms with E-state index in [0.29, 0.717) is 0 Å². The molecule has 3 heteroatoms. The molecule has 0 fully saturated rings. The molecule has 1 N–H and O–H groups in total. The van der Waals surface area contributed by atoms with Gasteiger partial charge in [-0.25, -0.2) is 0 Å². The average Bonchev–Trinajstić information content (AvgIpc) is 3.19. The summed E-state index contributed by atoms with van der Waals surface area (Å²) in [7, 11) is 4.14. The fraction of sp³-hybridized carbons (Fsp3) is 0.346. The maximum absolute atomic E-state index is 4.63. The predicted octanol–water partition coefficient (Wildman–Crippen LogP) is 6.87. The van der Waals surface area contributed by atoms with Crippen molar-refractivity contribution in [2.24, 2.45) is 4.99 Å². The lowest BCUT2D eigenvalue weighted by molar-refractivity contribution is 0.504. The van der Waals surface area contributed by atoms with Crippen LogP contribution in [-0.2, 0) is 0 Å². The second kappa shape index (κ2) is 10.7. The molecule has 0 heterocycles. The minimum atomic E-state index is 0.916. The third-order valence-corrected chi connectivity index (χ3v) is 5.17. The zero-order chi connectivity index (χ0) is 21.4. The quantitative estimate of drug-likeness (QED) is 0.349. The van der Waals surface area contributed by atoms with Crippen LogP contribution in [0.25, 0.3) is 5.57 Å². The van der Waals surface area contributed by atoms with Crippen molar-refractivity contribution in [2.45, 2.75) is 46.5 Å². The number of aryl methyl sites for hydroxylation is 1. The number of rotatable bonds is 10. The van der Waals surface area contributed by atoms with Crippen LogP contribution in [-0.4, -0.2) is 24.7 Å². The van der Waals surface area contributed by atoms with Crippen LogP contribution >= 0.6 is 0 Å². The summed E-state index contributed by atoms with van der Waals surface area (Å²) in [6.45, 7) is 14.6. The molecular weight excluding hydrogens is 354 g/mol. The lowest BCUT2D eigenvalue weighted by atomic mass is 10.0. The largest absolute Gasteiger partial charge is 0.381 e. The molecule has 0 radical (unpaired) electrons. The lowest BCUT2D eigenvalue weighted by Gasteiger charge is -2.15. The molecule has 0 amide bonds. The van der Waals surface area contributed by atoms with E-state index in [1.165, 1.54) is 24.1 Å². The van der Waals surface area contributed by atoms with Crippen molar-refractivity contribution in [1.29, 1.82) is 0 Å². The molecule has 1 aromatic carbocycles. The van der Waals surface area contributed by atoms with E-state index >= 15 is 0 Å². The molecule has 0 aromatic heterocycles. The third kappa shape index (κ3) is 6.35.